The molecule has 1 saturated heterocycles. The highest BCUT2D eigenvalue weighted by Gasteiger charge is 2.42. The first-order chi connectivity index (χ1) is 13.6. The first-order valence-electron chi connectivity index (χ1n) is 10.8. The lowest BCUT2D eigenvalue weighted by Gasteiger charge is -2.43. The van der Waals surface area contributed by atoms with E-state index in [9.17, 15) is 9.59 Å². The number of nitrogens with zero attached hydrogens (tertiary/aromatic N) is 1. The fourth-order valence-corrected chi connectivity index (χ4v) is 4.50. The minimum atomic E-state index is -0.526. The molecule has 2 fully saturated rings. The lowest BCUT2D eigenvalue weighted by molar-refractivity contribution is -0.134. The van der Waals surface area contributed by atoms with E-state index in [1.807, 2.05) is 18.0 Å². The Labute approximate surface area is 173 Å². The predicted molar refractivity (Wildman–Crippen MR) is 113 cm³/mol. The maximum absolute atomic E-state index is 13.2. The van der Waals surface area contributed by atoms with Crippen molar-refractivity contribution in [2.24, 2.45) is 16.7 Å². The van der Waals surface area contributed by atoms with Crippen LogP contribution in [0, 0.1) is 16.7 Å². The molecule has 1 aliphatic heterocycles. The van der Waals surface area contributed by atoms with Gasteiger partial charge in [0, 0.05) is 11.5 Å². The van der Waals surface area contributed by atoms with Gasteiger partial charge in [0.25, 0.3) is 0 Å². The Bertz CT molecular complexity index is 702. The van der Waals surface area contributed by atoms with Crippen LogP contribution in [0.2, 0.25) is 0 Å². The normalized spacial score (nSPS) is 29.3. The number of hydrogen-bond donors (Lipinski definition) is 3. The van der Waals surface area contributed by atoms with E-state index >= 15 is 0 Å². The molecule has 2 atom stereocenters. The summed E-state index contributed by atoms with van der Waals surface area (Å²) in [7, 11) is 0. The van der Waals surface area contributed by atoms with Gasteiger partial charge in [0.05, 0.1) is 18.0 Å². The van der Waals surface area contributed by atoms with Crippen molar-refractivity contribution in [3.8, 4) is 0 Å². The van der Waals surface area contributed by atoms with Gasteiger partial charge in [-0.25, -0.2) is 5.43 Å². The van der Waals surface area contributed by atoms with Crippen LogP contribution < -0.4 is 21.1 Å². The third kappa shape index (κ3) is 4.77. The summed E-state index contributed by atoms with van der Waals surface area (Å²) in [5.41, 5.74) is 4.00. The number of furan rings is 1. The monoisotopic (exact) mass is 404 g/mol. The predicted octanol–water partition coefficient (Wildman–Crippen LogP) is 3.18. The lowest BCUT2D eigenvalue weighted by Crippen LogP contribution is -2.68. The Balaban J connectivity index is 1.64. The Morgan fingerprint density at radius 1 is 1.38 bits per heavy atom. The van der Waals surface area contributed by atoms with Gasteiger partial charge in [0.2, 0.25) is 11.8 Å². The third-order valence-corrected chi connectivity index (χ3v) is 6.83. The molecule has 2 heterocycles. The van der Waals surface area contributed by atoms with Crippen molar-refractivity contribution in [3.05, 3.63) is 18.6 Å². The summed E-state index contributed by atoms with van der Waals surface area (Å²) in [5.74, 6) is 0.616. The smallest absolute Gasteiger partial charge is 0.242 e. The maximum Gasteiger partial charge on any atom is 0.242 e. The molecule has 1 saturated carbocycles. The van der Waals surface area contributed by atoms with Crippen LogP contribution in [0.5, 0.6) is 0 Å². The van der Waals surface area contributed by atoms with Crippen molar-refractivity contribution >= 4 is 17.5 Å². The second kappa shape index (κ2) is 8.38. The number of anilines is 1. The minimum absolute atomic E-state index is 0.0618. The van der Waals surface area contributed by atoms with Gasteiger partial charge in [0.15, 0.2) is 0 Å². The molecule has 2 aliphatic rings. The van der Waals surface area contributed by atoms with Gasteiger partial charge in [-0.05, 0) is 43.4 Å². The molecule has 162 valence electrons. The highest BCUT2D eigenvalue weighted by atomic mass is 16.3. The molecule has 3 N–H and O–H groups in total. The fourth-order valence-electron chi connectivity index (χ4n) is 4.50. The zero-order valence-electron chi connectivity index (χ0n) is 18.4. The summed E-state index contributed by atoms with van der Waals surface area (Å²) < 4.78 is 5.14. The van der Waals surface area contributed by atoms with Gasteiger partial charge in [0.1, 0.15) is 19.0 Å². The quantitative estimate of drug-likeness (QED) is 0.702. The average Bonchev–Trinajstić information content (AvgIpc) is 3.21. The van der Waals surface area contributed by atoms with Gasteiger partial charge in [-0.3, -0.25) is 14.6 Å². The maximum atomic E-state index is 13.2. The van der Waals surface area contributed by atoms with Crippen molar-refractivity contribution in [2.45, 2.75) is 78.8 Å². The summed E-state index contributed by atoms with van der Waals surface area (Å²) in [6.45, 7) is 11.3. The zero-order chi connectivity index (χ0) is 21.2. The van der Waals surface area contributed by atoms with Crippen molar-refractivity contribution in [1.29, 1.82) is 0 Å². The minimum Gasteiger partial charge on any atom is -0.470 e. The standard InChI is InChI=1S/C22H36N4O3/c1-6-17(18-19(27)23-14-26(25-18)16-9-12-29-13-16)24-20(28)22(5)10-7-15(8-11-22)21(2,3)4/h9,12-13,15,17-18,25H,6-8,10-11,14H2,1-5H3,(H,23,27)(H,24,28). The van der Waals surface area contributed by atoms with Crippen LogP contribution >= 0.6 is 0 Å². The molecule has 1 aliphatic carbocycles. The summed E-state index contributed by atoms with van der Waals surface area (Å²) in [4.78, 5) is 25.7. The van der Waals surface area contributed by atoms with E-state index in [0.717, 1.165) is 31.4 Å². The highest BCUT2D eigenvalue weighted by molar-refractivity contribution is 5.87. The molecule has 1 aromatic heterocycles. The topological polar surface area (TPSA) is 86.6 Å². The van der Waals surface area contributed by atoms with E-state index in [0.29, 0.717) is 19.0 Å². The van der Waals surface area contributed by atoms with Crippen LogP contribution in [0.25, 0.3) is 0 Å². The number of carbonyl (C=O) groups is 2. The fraction of sp³-hybridized carbons (Fsp3) is 0.727. The van der Waals surface area contributed by atoms with Crippen LogP contribution in [0.1, 0.15) is 66.7 Å². The van der Waals surface area contributed by atoms with E-state index in [1.54, 1.807) is 12.5 Å². The largest absolute Gasteiger partial charge is 0.470 e. The van der Waals surface area contributed by atoms with Gasteiger partial charge >= 0.3 is 0 Å². The molecule has 29 heavy (non-hydrogen) atoms. The number of amides is 2. The van der Waals surface area contributed by atoms with Gasteiger partial charge < -0.3 is 15.1 Å². The highest BCUT2D eigenvalue weighted by Crippen LogP contribution is 2.45. The van der Waals surface area contributed by atoms with E-state index in [-0.39, 0.29) is 28.7 Å². The molecule has 0 bridgehead atoms. The lowest BCUT2D eigenvalue weighted by atomic mass is 9.64. The van der Waals surface area contributed by atoms with E-state index in [2.05, 4.69) is 43.8 Å². The second-order valence-electron chi connectivity index (χ2n) is 9.90. The number of nitrogens with one attached hydrogen (secondary N) is 3. The van der Waals surface area contributed by atoms with E-state index < -0.39 is 6.04 Å². The van der Waals surface area contributed by atoms with Crippen molar-refractivity contribution < 1.29 is 14.0 Å². The SMILES string of the molecule is CCC(NC(=O)C1(C)CCC(C(C)(C)C)CC1)C1NN(c2ccoc2)CNC1=O. The summed E-state index contributed by atoms with van der Waals surface area (Å²) in [6.07, 6.45) is 7.80. The van der Waals surface area contributed by atoms with E-state index in [1.165, 1.54) is 0 Å². The molecule has 0 radical (unpaired) electrons. The summed E-state index contributed by atoms with van der Waals surface area (Å²) in [5, 5.41) is 7.92. The number of hydrogen-bond acceptors (Lipinski definition) is 5. The van der Waals surface area contributed by atoms with E-state index in [4.69, 9.17) is 4.42 Å². The molecule has 2 amide bonds. The van der Waals surface area contributed by atoms with Crippen LogP contribution in [0.4, 0.5) is 5.69 Å². The molecule has 2 unspecified atom stereocenters. The molecule has 7 nitrogen and oxygen atoms in total. The molecule has 0 spiro atoms. The molecular formula is C22H36N4O3. The van der Waals surface area contributed by atoms with Crippen molar-refractivity contribution in [2.75, 3.05) is 11.7 Å². The number of hydrazine groups is 1. The van der Waals surface area contributed by atoms with Crippen LogP contribution in [0.15, 0.2) is 23.0 Å². The molecule has 0 aromatic carbocycles. The second-order valence-corrected chi connectivity index (χ2v) is 9.90. The Morgan fingerprint density at radius 3 is 2.62 bits per heavy atom. The first-order valence-corrected chi connectivity index (χ1v) is 10.8. The number of carbonyl (C=O) groups excluding carboxylic acids is 2. The molecule has 1 aromatic rings. The van der Waals surface area contributed by atoms with Crippen molar-refractivity contribution in [3.63, 3.8) is 0 Å². The third-order valence-electron chi connectivity index (χ3n) is 6.83. The van der Waals surface area contributed by atoms with Crippen LogP contribution in [-0.4, -0.2) is 30.6 Å². The van der Waals surface area contributed by atoms with Gasteiger partial charge in [-0.1, -0.05) is 34.6 Å². The first kappa shape index (κ1) is 21.7. The van der Waals surface area contributed by atoms with Crippen LogP contribution in [-0.2, 0) is 9.59 Å². The van der Waals surface area contributed by atoms with Crippen LogP contribution in [0.3, 0.4) is 0 Å². The Kier molecular flexibility index (Phi) is 6.27. The molecule has 3 rings (SSSR count). The van der Waals surface area contributed by atoms with Gasteiger partial charge in [-0.2, -0.15) is 0 Å². The molecular weight excluding hydrogens is 368 g/mol. The number of rotatable bonds is 5. The summed E-state index contributed by atoms with van der Waals surface area (Å²) >= 11 is 0. The molecule has 7 heteroatoms. The zero-order valence-corrected chi connectivity index (χ0v) is 18.4. The average molecular weight is 405 g/mol. The summed E-state index contributed by atoms with van der Waals surface area (Å²) in [6, 6.07) is 1.02. The Morgan fingerprint density at radius 2 is 2.07 bits per heavy atom. The van der Waals surface area contributed by atoms with Gasteiger partial charge in [-0.15, -0.1) is 0 Å². The Hall–Kier alpha value is -2.02. The van der Waals surface area contributed by atoms with Crippen molar-refractivity contribution in [1.82, 2.24) is 16.1 Å².